The normalized spacial score (nSPS) is 11.2. The Morgan fingerprint density at radius 2 is 2.00 bits per heavy atom. The molecule has 0 aliphatic heterocycles. The molecule has 0 amide bonds. The lowest BCUT2D eigenvalue weighted by Crippen LogP contribution is -2.20. The molecule has 0 fully saturated rings. The molecular formula is C17H16ClF2N3O3. The minimum absolute atomic E-state index is 0.158. The minimum Gasteiger partial charge on any atom is -0.492 e. The molecule has 0 saturated heterocycles. The molecule has 0 aliphatic rings. The molecule has 0 aliphatic carbocycles. The van der Waals surface area contributed by atoms with Crippen LogP contribution in [0.2, 0.25) is 5.02 Å². The number of fused-ring (bicyclic) bond motifs is 1. The van der Waals surface area contributed by atoms with Gasteiger partial charge in [-0.3, -0.25) is 4.98 Å². The van der Waals surface area contributed by atoms with Gasteiger partial charge in [0.25, 0.3) is 0 Å². The lowest BCUT2D eigenvalue weighted by Gasteiger charge is -2.14. The third-order valence-electron chi connectivity index (χ3n) is 3.91. The van der Waals surface area contributed by atoms with Crippen LogP contribution >= 0.6 is 11.6 Å². The molecule has 3 rings (SSSR count). The molecule has 6 nitrogen and oxygen atoms in total. The van der Waals surface area contributed by atoms with Gasteiger partial charge in [0, 0.05) is 10.6 Å². The maximum atomic E-state index is 12.9. The maximum absolute atomic E-state index is 12.9. The second-order valence-electron chi connectivity index (χ2n) is 5.43. The highest BCUT2D eigenvalue weighted by atomic mass is 35.5. The first-order valence-electron chi connectivity index (χ1n) is 7.63. The fraction of sp³-hybridized carbons (Fsp3) is 0.294. The van der Waals surface area contributed by atoms with Crippen LogP contribution in [0.5, 0.6) is 11.5 Å². The van der Waals surface area contributed by atoms with Crippen molar-refractivity contribution in [2.75, 3.05) is 14.2 Å². The van der Waals surface area contributed by atoms with Crippen molar-refractivity contribution in [2.45, 2.75) is 20.0 Å². The number of imidazole rings is 1. The Labute approximate surface area is 153 Å². The Morgan fingerprint density at radius 3 is 2.65 bits per heavy atom. The average Bonchev–Trinajstić information content (AvgIpc) is 2.92. The maximum Gasteiger partial charge on any atom is 0.405 e. The summed E-state index contributed by atoms with van der Waals surface area (Å²) in [6.07, 6.45) is 1.67. The molecule has 0 spiro atoms. The number of aromatic nitrogens is 3. The van der Waals surface area contributed by atoms with Gasteiger partial charge in [-0.25, -0.2) is 4.98 Å². The third kappa shape index (κ3) is 3.37. The molecule has 26 heavy (non-hydrogen) atoms. The summed E-state index contributed by atoms with van der Waals surface area (Å²) in [5.41, 5.74) is 2.16. The van der Waals surface area contributed by atoms with Gasteiger partial charge in [-0.15, -0.1) is 0 Å². The van der Waals surface area contributed by atoms with E-state index >= 15 is 0 Å². The van der Waals surface area contributed by atoms with Crippen LogP contribution in [0.1, 0.15) is 17.1 Å². The molecule has 0 unspecified atom stereocenters. The van der Waals surface area contributed by atoms with E-state index in [-0.39, 0.29) is 12.2 Å². The first kappa shape index (κ1) is 18.2. The summed E-state index contributed by atoms with van der Waals surface area (Å²) in [4.78, 5) is 13.3. The Balaban J connectivity index is 2.08. The summed E-state index contributed by atoms with van der Waals surface area (Å²) < 4.78 is 37.3. The first-order chi connectivity index (χ1) is 12.4. The van der Waals surface area contributed by atoms with Crippen molar-refractivity contribution in [3.8, 4) is 11.5 Å². The average molecular weight is 384 g/mol. The van der Waals surface area contributed by atoms with Crippen LogP contribution in [0.15, 0.2) is 24.4 Å². The molecule has 2 aromatic heterocycles. The molecule has 0 radical (unpaired) electrons. The van der Waals surface area contributed by atoms with Gasteiger partial charge in [0.2, 0.25) is 0 Å². The largest absolute Gasteiger partial charge is 0.492 e. The van der Waals surface area contributed by atoms with E-state index < -0.39 is 6.61 Å². The van der Waals surface area contributed by atoms with Gasteiger partial charge in [-0.1, -0.05) is 11.6 Å². The van der Waals surface area contributed by atoms with Gasteiger partial charge in [0.05, 0.1) is 38.0 Å². The fourth-order valence-corrected chi connectivity index (χ4v) is 2.89. The molecule has 2 heterocycles. The molecule has 0 atom stereocenters. The van der Waals surface area contributed by atoms with Gasteiger partial charge < -0.3 is 14.3 Å². The summed E-state index contributed by atoms with van der Waals surface area (Å²) in [7, 11) is 3.03. The summed E-state index contributed by atoms with van der Waals surface area (Å²) in [5, 5.41) is 0.450. The van der Waals surface area contributed by atoms with Crippen LogP contribution in [0.3, 0.4) is 0 Å². The topological polar surface area (TPSA) is 58.4 Å². The predicted molar refractivity (Wildman–Crippen MR) is 92.2 cm³/mol. The molecule has 3 aromatic rings. The molecule has 0 bridgehead atoms. The van der Waals surface area contributed by atoms with Gasteiger partial charge in [0.1, 0.15) is 5.52 Å². The van der Waals surface area contributed by atoms with Crippen molar-refractivity contribution in [1.29, 1.82) is 0 Å². The molecular weight excluding hydrogens is 368 g/mol. The Bertz CT molecular complexity index is 947. The number of hydrogen-bond acceptors (Lipinski definition) is 5. The summed E-state index contributed by atoms with van der Waals surface area (Å²) >= 11 is 5.96. The van der Waals surface area contributed by atoms with Crippen molar-refractivity contribution >= 4 is 22.6 Å². The van der Waals surface area contributed by atoms with Crippen molar-refractivity contribution in [3.63, 3.8) is 0 Å². The van der Waals surface area contributed by atoms with E-state index in [4.69, 9.17) is 21.1 Å². The number of hydrogen-bond donors (Lipinski definition) is 0. The standard InChI is InChI=1S/C17H16ClF2N3O3/c1-9-11(21-8-14(24-2)16(9)25-3)7-15-22-12-6-10(18)4-5-13(12)23(15)26-17(19)20/h4-6,8,17H,7H2,1-3H3. The lowest BCUT2D eigenvalue weighted by atomic mass is 10.1. The summed E-state index contributed by atoms with van der Waals surface area (Å²) in [6.45, 7) is -1.19. The zero-order valence-electron chi connectivity index (χ0n) is 14.3. The van der Waals surface area contributed by atoms with E-state index in [1.807, 2.05) is 6.92 Å². The zero-order chi connectivity index (χ0) is 18.8. The molecule has 138 valence electrons. The van der Waals surface area contributed by atoms with Gasteiger partial charge >= 0.3 is 6.61 Å². The van der Waals surface area contributed by atoms with Crippen LogP contribution in [0.25, 0.3) is 11.0 Å². The summed E-state index contributed by atoms with van der Waals surface area (Å²) in [6, 6.07) is 4.74. The van der Waals surface area contributed by atoms with Crippen molar-refractivity contribution in [1.82, 2.24) is 14.7 Å². The highest BCUT2D eigenvalue weighted by Gasteiger charge is 2.19. The number of halogens is 3. The van der Waals surface area contributed by atoms with Gasteiger partial charge in [0.15, 0.2) is 17.3 Å². The monoisotopic (exact) mass is 383 g/mol. The SMILES string of the molecule is COc1cnc(Cc2nc3cc(Cl)ccc3n2OC(F)F)c(C)c1OC. The van der Waals surface area contributed by atoms with Crippen molar-refractivity contribution < 1.29 is 23.1 Å². The second-order valence-corrected chi connectivity index (χ2v) is 5.87. The van der Waals surface area contributed by atoms with Crippen LogP contribution < -0.4 is 14.3 Å². The Morgan fingerprint density at radius 1 is 1.23 bits per heavy atom. The predicted octanol–water partition coefficient (Wildman–Crippen LogP) is 3.65. The van der Waals surface area contributed by atoms with Crippen LogP contribution in [0, 0.1) is 6.92 Å². The highest BCUT2D eigenvalue weighted by Crippen LogP contribution is 2.32. The van der Waals surface area contributed by atoms with Crippen molar-refractivity contribution in [3.05, 3.63) is 46.5 Å². The van der Waals surface area contributed by atoms with E-state index in [9.17, 15) is 8.78 Å². The number of alkyl halides is 2. The number of ether oxygens (including phenoxy) is 2. The molecule has 0 N–H and O–H groups in total. The van der Waals surface area contributed by atoms with E-state index in [2.05, 4.69) is 14.8 Å². The lowest BCUT2D eigenvalue weighted by molar-refractivity contribution is -0.130. The molecule has 9 heteroatoms. The first-order valence-corrected chi connectivity index (χ1v) is 8.01. The van der Waals surface area contributed by atoms with Gasteiger partial charge in [-0.2, -0.15) is 13.5 Å². The highest BCUT2D eigenvalue weighted by molar-refractivity contribution is 6.31. The fourth-order valence-electron chi connectivity index (χ4n) is 2.72. The quantitative estimate of drug-likeness (QED) is 0.650. The molecule has 0 saturated carbocycles. The third-order valence-corrected chi connectivity index (χ3v) is 4.14. The number of benzene rings is 1. The van der Waals surface area contributed by atoms with Crippen molar-refractivity contribution in [2.24, 2.45) is 0 Å². The van der Waals surface area contributed by atoms with Crippen LogP contribution in [-0.2, 0) is 6.42 Å². The number of methoxy groups -OCH3 is 2. The number of rotatable bonds is 6. The van der Waals surface area contributed by atoms with E-state index in [1.165, 1.54) is 20.4 Å². The Hall–Kier alpha value is -2.61. The van der Waals surface area contributed by atoms with E-state index in [0.717, 1.165) is 10.3 Å². The van der Waals surface area contributed by atoms with Crippen LogP contribution in [-0.4, -0.2) is 35.5 Å². The second kappa shape index (κ2) is 7.33. The Kier molecular flexibility index (Phi) is 5.13. The summed E-state index contributed by atoms with van der Waals surface area (Å²) in [5.74, 6) is 1.28. The zero-order valence-corrected chi connectivity index (χ0v) is 15.1. The van der Waals surface area contributed by atoms with E-state index in [1.54, 1.807) is 18.2 Å². The number of pyridine rings is 1. The minimum atomic E-state index is -3.00. The van der Waals surface area contributed by atoms with Gasteiger partial charge in [-0.05, 0) is 25.1 Å². The van der Waals surface area contributed by atoms with E-state index in [0.29, 0.717) is 33.2 Å². The van der Waals surface area contributed by atoms with Crippen LogP contribution in [0.4, 0.5) is 8.78 Å². The smallest absolute Gasteiger partial charge is 0.405 e. The number of nitrogens with zero attached hydrogens (tertiary/aromatic N) is 3. The molecule has 1 aromatic carbocycles.